The fourth-order valence-electron chi connectivity index (χ4n) is 7.84. The molecule has 2 saturated heterocycles. The summed E-state index contributed by atoms with van der Waals surface area (Å²) in [5, 5.41) is 21.8. The quantitative estimate of drug-likeness (QED) is 0.157. The average Bonchev–Trinajstić information content (AvgIpc) is 3.84. The molecule has 57 heavy (non-hydrogen) atoms. The van der Waals surface area contributed by atoms with Crippen LogP contribution in [0.2, 0.25) is 0 Å². The number of rotatable bonds is 8. The van der Waals surface area contributed by atoms with Gasteiger partial charge in [0.2, 0.25) is 0 Å². The summed E-state index contributed by atoms with van der Waals surface area (Å²) in [6.45, 7) is 0.648. The van der Waals surface area contributed by atoms with Crippen LogP contribution in [-0.2, 0) is 50.9 Å². The van der Waals surface area contributed by atoms with Crippen LogP contribution in [0.4, 0.5) is 0 Å². The average molecular weight is 761 g/mol. The molecular weight excluding hydrogens is 721 g/mol. The van der Waals surface area contributed by atoms with E-state index in [4.69, 9.17) is 23.4 Å². The molecule has 1 aromatic heterocycles. The van der Waals surface area contributed by atoms with E-state index in [0.717, 1.165) is 33.0 Å². The molecule has 2 aliphatic heterocycles. The molecule has 6 aromatic carbocycles. The van der Waals surface area contributed by atoms with Gasteiger partial charge < -0.3 is 33.6 Å². The van der Waals surface area contributed by atoms with Crippen molar-refractivity contribution in [3.63, 3.8) is 0 Å². The van der Waals surface area contributed by atoms with Gasteiger partial charge in [0.1, 0.15) is 0 Å². The molecule has 9 heteroatoms. The van der Waals surface area contributed by atoms with E-state index in [1.807, 2.05) is 158 Å². The van der Waals surface area contributed by atoms with Crippen molar-refractivity contribution in [2.75, 3.05) is 26.4 Å². The van der Waals surface area contributed by atoms with Gasteiger partial charge in [0.25, 0.3) is 5.79 Å². The van der Waals surface area contributed by atoms with Crippen LogP contribution in [0, 0.1) is 0 Å². The predicted molar refractivity (Wildman–Crippen MR) is 212 cm³/mol. The second-order valence-electron chi connectivity index (χ2n) is 14.1. The number of carbonyl (C=O) groups is 2. The smallest absolute Gasteiger partial charge is 0.373 e. The zero-order valence-electron chi connectivity index (χ0n) is 30.9. The zero-order chi connectivity index (χ0) is 39.4. The number of aliphatic carboxylic acids is 2. The summed E-state index contributed by atoms with van der Waals surface area (Å²) in [4.78, 5) is 24.5. The molecule has 0 saturated carbocycles. The Morgan fingerprint density at radius 2 is 0.807 bits per heavy atom. The molecule has 9 rings (SSSR count). The monoisotopic (exact) mass is 760 g/mol. The maximum atomic E-state index is 12.6. The number of furan rings is 1. The third kappa shape index (κ3) is 6.70. The van der Waals surface area contributed by atoms with Gasteiger partial charge in [0.05, 0.1) is 43.5 Å². The van der Waals surface area contributed by atoms with Gasteiger partial charge in [-0.25, -0.2) is 9.59 Å². The molecule has 2 aliphatic rings. The lowest BCUT2D eigenvalue weighted by Gasteiger charge is -2.45. The Morgan fingerprint density at radius 1 is 0.421 bits per heavy atom. The van der Waals surface area contributed by atoms with Gasteiger partial charge in [0.15, 0.2) is 5.76 Å². The molecule has 0 spiro atoms. The lowest BCUT2D eigenvalue weighted by atomic mass is 9.75. The topological polar surface area (TPSA) is 125 Å². The number of benzene rings is 6. The van der Waals surface area contributed by atoms with Crippen LogP contribution in [0.1, 0.15) is 33.6 Å². The van der Waals surface area contributed by atoms with E-state index in [0.29, 0.717) is 5.56 Å². The molecule has 2 fully saturated rings. The maximum absolute atomic E-state index is 12.6. The molecule has 7 aromatic rings. The van der Waals surface area contributed by atoms with Crippen molar-refractivity contribution in [1.29, 1.82) is 0 Å². The highest BCUT2D eigenvalue weighted by molar-refractivity contribution is 5.91. The lowest BCUT2D eigenvalue weighted by molar-refractivity contribution is -0.294. The summed E-state index contributed by atoms with van der Waals surface area (Å²) < 4.78 is 29.5. The van der Waals surface area contributed by atoms with Gasteiger partial charge in [-0.2, -0.15) is 0 Å². The van der Waals surface area contributed by atoms with Crippen molar-refractivity contribution in [2.45, 2.75) is 22.4 Å². The summed E-state index contributed by atoms with van der Waals surface area (Å²) in [6, 6.07) is 56.0. The van der Waals surface area contributed by atoms with Crippen molar-refractivity contribution < 1.29 is 43.2 Å². The van der Waals surface area contributed by atoms with E-state index in [2.05, 4.69) is 0 Å². The Balaban J connectivity index is 0.000000162. The molecule has 0 amide bonds. The van der Waals surface area contributed by atoms with Gasteiger partial charge in [-0.3, -0.25) is 0 Å². The number of carboxylic acid groups (broad SMARTS) is 2. The molecule has 9 nitrogen and oxygen atoms in total. The first-order valence-corrected chi connectivity index (χ1v) is 18.6. The molecule has 0 aliphatic carbocycles. The normalized spacial score (nSPS) is 17.8. The molecular formula is C48H40O9. The summed E-state index contributed by atoms with van der Waals surface area (Å²) in [5.74, 6) is -6.06. The SMILES string of the molecule is O=C(O)C1(c2cccc3ccccc23)OCC(c2ccccc2)(c2ccccc2)CO1.O=C(O)C1(c2ccco2)OCC(c2ccccc2)(c2ccccc2)CO1. The van der Waals surface area contributed by atoms with E-state index < -0.39 is 34.3 Å². The fourth-order valence-corrected chi connectivity index (χ4v) is 7.84. The fraction of sp³-hybridized carbons (Fsp3) is 0.167. The van der Waals surface area contributed by atoms with Crippen molar-refractivity contribution in [2.24, 2.45) is 0 Å². The van der Waals surface area contributed by atoms with E-state index in [9.17, 15) is 19.8 Å². The van der Waals surface area contributed by atoms with Crippen LogP contribution in [0.15, 0.2) is 187 Å². The first-order valence-electron chi connectivity index (χ1n) is 18.6. The van der Waals surface area contributed by atoms with Crippen LogP contribution in [0.25, 0.3) is 10.8 Å². The van der Waals surface area contributed by atoms with Crippen molar-refractivity contribution >= 4 is 22.7 Å². The second kappa shape index (κ2) is 15.6. The minimum atomic E-state index is -1.93. The van der Waals surface area contributed by atoms with Crippen LogP contribution in [0.3, 0.4) is 0 Å². The molecule has 3 heterocycles. The number of carboxylic acids is 2. The third-order valence-electron chi connectivity index (χ3n) is 10.9. The summed E-state index contributed by atoms with van der Waals surface area (Å²) >= 11 is 0. The minimum absolute atomic E-state index is 0.125. The predicted octanol–water partition coefficient (Wildman–Crippen LogP) is 8.66. The Bertz CT molecular complexity index is 2330. The Labute approximate surface area is 329 Å². The van der Waals surface area contributed by atoms with Gasteiger partial charge in [-0.15, -0.1) is 0 Å². The van der Waals surface area contributed by atoms with Crippen LogP contribution in [0.5, 0.6) is 0 Å². The highest BCUT2D eigenvalue weighted by atomic mass is 16.7. The second-order valence-corrected chi connectivity index (χ2v) is 14.1. The summed E-state index contributed by atoms with van der Waals surface area (Å²) in [5.41, 5.74) is 3.36. The first kappa shape index (κ1) is 37.6. The van der Waals surface area contributed by atoms with Gasteiger partial charge >= 0.3 is 17.7 Å². The number of hydrogen-bond donors (Lipinski definition) is 2. The van der Waals surface area contributed by atoms with Crippen LogP contribution >= 0.6 is 0 Å². The van der Waals surface area contributed by atoms with E-state index in [1.165, 1.54) is 6.26 Å². The zero-order valence-corrected chi connectivity index (χ0v) is 30.9. The van der Waals surface area contributed by atoms with Crippen LogP contribution in [-0.4, -0.2) is 48.6 Å². The van der Waals surface area contributed by atoms with Gasteiger partial charge in [-0.05, 0) is 45.2 Å². The highest BCUT2D eigenvalue weighted by Gasteiger charge is 2.55. The minimum Gasteiger partial charge on any atom is -0.477 e. The Kier molecular flexibility index (Phi) is 10.3. The lowest BCUT2D eigenvalue weighted by Crippen LogP contribution is -2.54. The highest BCUT2D eigenvalue weighted by Crippen LogP contribution is 2.45. The number of ether oxygens (including phenoxy) is 4. The molecule has 0 radical (unpaired) electrons. The van der Waals surface area contributed by atoms with Crippen molar-refractivity contribution in [1.82, 2.24) is 0 Å². The van der Waals surface area contributed by atoms with Crippen molar-refractivity contribution in [3.05, 3.63) is 216 Å². The van der Waals surface area contributed by atoms with Crippen molar-refractivity contribution in [3.8, 4) is 0 Å². The Morgan fingerprint density at radius 3 is 1.21 bits per heavy atom. The summed E-state index contributed by atoms with van der Waals surface area (Å²) in [6.07, 6.45) is 1.41. The molecule has 286 valence electrons. The number of fused-ring (bicyclic) bond motifs is 1. The van der Waals surface area contributed by atoms with E-state index in [1.54, 1.807) is 18.2 Å². The molecule has 2 N–H and O–H groups in total. The van der Waals surface area contributed by atoms with Crippen LogP contribution < -0.4 is 0 Å². The first-order chi connectivity index (χ1) is 27.8. The standard InChI is InChI=1S/C27H22O4.C21H18O5/c28-25(29)27(24-17-9-11-20-10-7-8-16-23(20)24)30-18-26(19-31-27,21-12-3-1-4-13-21)22-14-5-2-6-15-22;22-19(23)21(18-12-7-13-24-18)25-14-20(15-26-21,16-8-3-1-4-9-16)17-10-5-2-6-11-17/h1-17H,18-19H2,(H,28,29);1-13H,14-15H2,(H,22,23). The maximum Gasteiger partial charge on any atom is 0.373 e. The largest absolute Gasteiger partial charge is 0.477 e. The van der Waals surface area contributed by atoms with E-state index >= 15 is 0 Å². The molecule has 0 unspecified atom stereocenters. The number of hydrogen-bond acceptors (Lipinski definition) is 7. The molecule has 0 atom stereocenters. The van der Waals surface area contributed by atoms with E-state index in [-0.39, 0.29) is 32.2 Å². The molecule has 0 bridgehead atoms. The summed E-state index contributed by atoms with van der Waals surface area (Å²) in [7, 11) is 0. The Hall–Kier alpha value is -6.36. The van der Waals surface area contributed by atoms with Gasteiger partial charge in [-0.1, -0.05) is 164 Å². The third-order valence-corrected chi connectivity index (χ3v) is 10.9. The van der Waals surface area contributed by atoms with Gasteiger partial charge in [0, 0.05) is 5.56 Å².